The molecule has 0 bridgehead atoms. The fraction of sp³-hybridized carbons (Fsp3) is 0.621. The van der Waals surface area contributed by atoms with Gasteiger partial charge in [0.15, 0.2) is 6.10 Å². The highest BCUT2D eigenvalue weighted by atomic mass is 16.7. The van der Waals surface area contributed by atoms with E-state index >= 15 is 0 Å². The van der Waals surface area contributed by atoms with Crippen LogP contribution in [0.2, 0.25) is 0 Å². The Morgan fingerprint density at radius 2 is 1.37 bits per heavy atom. The van der Waals surface area contributed by atoms with E-state index in [4.69, 9.17) is 28.8 Å². The van der Waals surface area contributed by atoms with Gasteiger partial charge in [-0.15, -0.1) is 0 Å². The molecule has 2 N–H and O–H groups in total. The Morgan fingerprint density at radius 1 is 0.805 bits per heavy atom. The minimum absolute atomic E-state index is 0.0209. The highest BCUT2D eigenvalue weighted by molar-refractivity contribution is 5.90. The zero-order valence-corrected chi connectivity index (χ0v) is 24.2. The summed E-state index contributed by atoms with van der Waals surface area (Å²) < 4.78 is 28.3. The zero-order chi connectivity index (χ0) is 30.8. The molecule has 0 radical (unpaired) electrons. The van der Waals surface area contributed by atoms with E-state index in [0.717, 1.165) is 6.42 Å². The van der Waals surface area contributed by atoms with Crippen molar-refractivity contribution in [2.24, 2.45) is 0 Å². The van der Waals surface area contributed by atoms with E-state index in [2.05, 4.69) is 0 Å². The van der Waals surface area contributed by atoms with Gasteiger partial charge >= 0.3 is 29.8 Å². The quantitative estimate of drug-likeness (QED) is 0.219. The number of carboxylic acids is 2. The van der Waals surface area contributed by atoms with E-state index in [1.807, 2.05) is 27.7 Å². The van der Waals surface area contributed by atoms with E-state index in [9.17, 15) is 29.1 Å². The average Bonchev–Trinajstić information content (AvgIpc) is 2.90. The lowest BCUT2D eigenvalue weighted by atomic mass is 10.0. The van der Waals surface area contributed by atoms with E-state index in [1.165, 1.54) is 12.1 Å². The first-order valence-electron chi connectivity index (χ1n) is 14.0. The maximum absolute atomic E-state index is 12.3. The molecule has 1 aliphatic rings. The van der Waals surface area contributed by atoms with Gasteiger partial charge in [-0.05, 0) is 37.8 Å². The third kappa shape index (κ3) is 13.5. The largest absolute Gasteiger partial charge is 0.481 e. The van der Waals surface area contributed by atoms with Crippen molar-refractivity contribution < 1.29 is 57.9 Å². The SMILES string of the molecule is CCCC(=O)O.CCCC(=O)OCC1O[C@H](Oc2ccccc2C(=O)O)CC(OC(=O)CCC)[C@@H]1OC(=O)CCC. The topological polar surface area (TPSA) is 172 Å². The van der Waals surface area contributed by atoms with E-state index in [1.54, 1.807) is 12.1 Å². The number of hydrogen-bond donors (Lipinski definition) is 2. The third-order valence-corrected chi connectivity index (χ3v) is 5.65. The molecule has 230 valence electrons. The van der Waals surface area contributed by atoms with Crippen LogP contribution in [0.5, 0.6) is 5.75 Å². The Bertz CT molecular complexity index is 992. The van der Waals surface area contributed by atoms with Crippen molar-refractivity contribution in [2.75, 3.05) is 6.61 Å². The van der Waals surface area contributed by atoms with Crippen molar-refractivity contribution in [3.8, 4) is 5.75 Å². The number of aliphatic carboxylic acids is 1. The average molecular weight is 583 g/mol. The van der Waals surface area contributed by atoms with Gasteiger partial charge in [0.25, 0.3) is 0 Å². The molecule has 1 heterocycles. The second-order valence-electron chi connectivity index (χ2n) is 9.32. The normalized spacial score (nSPS) is 19.6. The Hall–Kier alpha value is -3.67. The van der Waals surface area contributed by atoms with Crippen LogP contribution < -0.4 is 4.74 Å². The summed E-state index contributed by atoms with van der Waals surface area (Å²) in [4.78, 5) is 57.8. The predicted octanol–water partition coefficient (Wildman–Crippen LogP) is 4.52. The van der Waals surface area contributed by atoms with Crippen LogP contribution >= 0.6 is 0 Å². The molecule has 1 aromatic rings. The smallest absolute Gasteiger partial charge is 0.339 e. The van der Waals surface area contributed by atoms with E-state index in [-0.39, 0.29) is 43.6 Å². The fourth-order valence-corrected chi connectivity index (χ4v) is 3.77. The van der Waals surface area contributed by atoms with Gasteiger partial charge in [0.1, 0.15) is 30.1 Å². The number of para-hydroxylation sites is 1. The molecule has 0 amide bonds. The van der Waals surface area contributed by atoms with Crippen molar-refractivity contribution >= 4 is 29.8 Å². The van der Waals surface area contributed by atoms with Crippen LogP contribution in [0.1, 0.15) is 95.8 Å². The summed E-state index contributed by atoms with van der Waals surface area (Å²) in [5.41, 5.74) is -0.0713. The van der Waals surface area contributed by atoms with Crippen LogP contribution in [0, 0.1) is 0 Å². The van der Waals surface area contributed by atoms with Crippen molar-refractivity contribution in [2.45, 2.75) is 110 Å². The molecule has 0 spiro atoms. The zero-order valence-electron chi connectivity index (χ0n) is 24.2. The van der Waals surface area contributed by atoms with Gasteiger partial charge < -0.3 is 33.9 Å². The molecule has 0 saturated carbocycles. The van der Waals surface area contributed by atoms with Crippen LogP contribution in [0.15, 0.2) is 24.3 Å². The fourth-order valence-electron chi connectivity index (χ4n) is 3.77. The molecule has 1 aliphatic heterocycles. The van der Waals surface area contributed by atoms with Crippen molar-refractivity contribution in [1.82, 2.24) is 0 Å². The molecule has 4 atom stereocenters. The van der Waals surface area contributed by atoms with Gasteiger partial charge in [0.2, 0.25) is 6.29 Å². The second-order valence-corrected chi connectivity index (χ2v) is 9.32. The molecular weight excluding hydrogens is 540 g/mol. The standard InChI is InChI=1S/C25H34O10.C4H8O2/c1-4-9-20(26)31-15-19-24(35-22(28)11-6-3)18(32-21(27)10-5-2)14-23(34-19)33-17-13-8-7-12-16(17)25(29)30;1-2-3-4(5)6/h7-8,12-13,18-19,23-24H,4-6,9-11,14-15H2,1-3H3,(H,29,30);2-3H2,1H3,(H,5,6)/t18?,19?,23-,24-;/m0./s1. The first-order valence-corrected chi connectivity index (χ1v) is 14.0. The number of carboxylic acid groups (broad SMARTS) is 2. The van der Waals surface area contributed by atoms with Gasteiger partial charge in [-0.2, -0.15) is 0 Å². The summed E-state index contributed by atoms with van der Waals surface area (Å²) in [5.74, 6) is -3.27. The molecule has 41 heavy (non-hydrogen) atoms. The Kier molecular flexibility index (Phi) is 16.7. The Labute approximate surface area is 240 Å². The molecule has 2 rings (SSSR count). The van der Waals surface area contributed by atoms with Crippen LogP contribution in [0.4, 0.5) is 0 Å². The Balaban J connectivity index is 0.00000126. The molecule has 12 heteroatoms. The van der Waals surface area contributed by atoms with Crippen molar-refractivity contribution in [3.05, 3.63) is 29.8 Å². The third-order valence-electron chi connectivity index (χ3n) is 5.65. The monoisotopic (exact) mass is 582 g/mol. The molecule has 0 aliphatic carbocycles. The minimum Gasteiger partial charge on any atom is -0.481 e. The molecular formula is C29H42O12. The lowest BCUT2D eigenvalue weighted by molar-refractivity contribution is -0.247. The summed E-state index contributed by atoms with van der Waals surface area (Å²) >= 11 is 0. The van der Waals surface area contributed by atoms with Gasteiger partial charge in [-0.25, -0.2) is 4.79 Å². The van der Waals surface area contributed by atoms with E-state index in [0.29, 0.717) is 25.7 Å². The van der Waals surface area contributed by atoms with Crippen LogP contribution in [-0.2, 0) is 38.1 Å². The highest BCUT2D eigenvalue weighted by Crippen LogP contribution is 2.30. The molecule has 0 aromatic heterocycles. The van der Waals surface area contributed by atoms with Gasteiger partial charge in [0, 0.05) is 25.7 Å². The Morgan fingerprint density at radius 3 is 1.90 bits per heavy atom. The summed E-state index contributed by atoms with van der Waals surface area (Å²) in [6.45, 7) is 7.07. The molecule has 1 saturated heterocycles. The summed E-state index contributed by atoms with van der Waals surface area (Å²) in [7, 11) is 0. The molecule has 2 unspecified atom stereocenters. The maximum atomic E-state index is 12.3. The van der Waals surface area contributed by atoms with E-state index < -0.39 is 54.4 Å². The van der Waals surface area contributed by atoms with Gasteiger partial charge in [-0.1, -0.05) is 39.8 Å². The first kappa shape index (κ1) is 35.4. The number of carbonyl (C=O) groups excluding carboxylic acids is 3. The first-order chi connectivity index (χ1) is 19.6. The lowest BCUT2D eigenvalue weighted by Crippen LogP contribution is -2.55. The maximum Gasteiger partial charge on any atom is 0.339 e. The van der Waals surface area contributed by atoms with Crippen molar-refractivity contribution in [1.29, 1.82) is 0 Å². The summed E-state index contributed by atoms with van der Waals surface area (Å²) in [5, 5.41) is 17.4. The number of hydrogen-bond acceptors (Lipinski definition) is 10. The number of ether oxygens (including phenoxy) is 5. The number of carbonyl (C=O) groups is 5. The number of esters is 3. The molecule has 12 nitrogen and oxygen atoms in total. The lowest BCUT2D eigenvalue weighted by Gasteiger charge is -2.40. The molecule has 1 aromatic carbocycles. The second kappa shape index (κ2) is 19.4. The summed E-state index contributed by atoms with van der Waals surface area (Å²) in [6.07, 6.45) is -0.786. The molecule has 1 fully saturated rings. The van der Waals surface area contributed by atoms with Crippen LogP contribution in [0.25, 0.3) is 0 Å². The van der Waals surface area contributed by atoms with Crippen molar-refractivity contribution in [3.63, 3.8) is 0 Å². The number of aromatic carboxylic acids is 1. The van der Waals surface area contributed by atoms with Gasteiger partial charge in [0.05, 0.1) is 6.42 Å². The number of benzene rings is 1. The van der Waals surface area contributed by atoms with Crippen LogP contribution in [0.3, 0.4) is 0 Å². The predicted molar refractivity (Wildman–Crippen MR) is 145 cm³/mol. The van der Waals surface area contributed by atoms with Gasteiger partial charge in [-0.3, -0.25) is 19.2 Å². The highest BCUT2D eigenvalue weighted by Gasteiger charge is 2.45. The number of rotatable bonds is 15. The summed E-state index contributed by atoms with van der Waals surface area (Å²) in [6, 6.07) is 6.04. The van der Waals surface area contributed by atoms with Crippen LogP contribution in [-0.4, -0.2) is 71.3 Å². The minimum atomic E-state index is -1.18.